The minimum atomic E-state index is -0.456. The zero-order valence-electron chi connectivity index (χ0n) is 19.3. The Bertz CT molecular complexity index is 1090. The van der Waals surface area contributed by atoms with Crippen molar-refractivity contribution in [3.8, 4) is 5.75 Å². The Hall–Kier alpha value is -2.93. The first-order valence-corrected chi connectivity index (χ1v) is 12.0. The Morgan fingerprint density at radius 3 is 2.82 bits per heavy atom. The molecule has 1 N–H and O–H groups in total. The molecule has 1 saturated carbocycles. The van der Waals surface area contributed by atoms with Crippen LogP contribution < -0.4 is 4.74 Å². The van der Waals surface area contributed by atoms with E-state index in [1.807, 2.05) is 30.6 Å². The largest absolute Gasteiger partial charge is 0.497 e. The molecule has 3 aromatic rings. The summed E-state index contributed by atoms with van der Waals surface area (Å²) < 4.78 is 11.3. The number of benzene rings is 1. The highest BCUT2D eigenvalue weighted by Crippen LogP contribution is 2.42. The van der Waals surface area contributed by atoms with Crippen LogP contribution in [0.25, 0.3) is 10.9 Å². The van der Waals surface area contributed by atoms with E-state index in [2.05, 4.69) is 32.2 Å². The lowest BCUT2D eigenvalue weighted by Gasteiger charge is -2.40. The Morgan fingerprint density at radius 2 is 2.03 bits per heavy atom. The topological polar surface area (TPSA) is 80.3 Å². The standard InChI is InChI=1S/C26H32N4O3/c1-32-21-7-5-20(6-8-21)26(10-3-2-4-11-26)25(31)30-13-14-33-18-19(17-30)15-24-22-16-28-29-23(22)9-12-27-24/h5-9,12,16,19H,2-4,10-11,13-15,17-18H2,1H3,(H,28,29). The van der Waals surface area contributed by atoms with Gasteiger partial charge in [-0.3, -0.25) is 14.9 Å². The number of ether oxygens (including phenoxy) is 2. The van der Waals surface area contributed by atoms with Crippen molar-refractivity contribution in [3.05, 3.63) is 54.0 Å². The predicted molar refractivity (Wildman–Crippen MR) is 126 cm³/mol. The number of hydrogen-bond acceptors (Lipinski definition) is 5. The molecule has 0 spiro atoms. The summed E-state index contributed by atoms with van der Waals surface area (Å²) in [5.74, 6) is 1.26. The SMILES string of the molecule is COc1ccc(C2(C(=O)N3CCOCC(Cc4nccc5[nH]ncc45)C3)CCCCC2)cc1. The van der Waals surface area contributed by atoms with Crippen LogP contribution in [0, 0.1) is 5.92 Å². The molecule has 1 saturated heterocycles. The minimum Gasteiger partial charge on any atom is -0.497 e. The van der Waals surface area contributed by atoms with Crippen LogP contribution in [0.15, 0.2) is 42.7 Å². The number of methoxy groups -OCH3 is 1. The summed E-state index contributed by atoms with van der Waals surface area (Å²) in [6, 6.07) is 10.1. The molecular formula is C26H32N4O3. The first-order valence-electron chi connectivity index (χ1n) is 12.0. The van der Waals surface area contributed by atoms with E-state index in [0.717, 1.165) is 60.0 Å². The number of hydrogen-bond donors (Lipinski definition) is 1. The van der Waals surface area contributed by atoms with Gasteiger partial charge in [-0.2, -0.15) is 5.10 Å². The van der Waals surface area contributed by atoms with Gasteiger partial charge in [0, 0.05) is 30.6 Å². The third-order valence-corrected chi connectivity index (χ3v) is 7.32. The molecule has 1 aliphatic carbocycles. The van der Waals surface area contributed by atoms with Crippen molar-refractivity contribution < 1.29 is 14.3 Å². The molecule has 3 heterocycles. The maximum atomic E-state index is 14.2. The number of aromatic amines is 1. The van der Waals surface area contributed by atoms with Crippen molar-refractivity contribution in [2.24, 2.45) is 5.92 Å². The molecular weight excluding hydrogens is 416 g/mol. The molecule has 33 heavy (non-hydrogen) atoms. The smallest absolute Gasteiger partial charge is 0.233 e. The van der Waals surface area contributed by atoms with Crippen molar-refractivity contribution in [2.75, 3.05) is 33.4 Å². The fourth-order valence-corrected chi connectivity index (χ4v) is 5.54. The zero-order valence-corrected chi connectivity index (χ0v) is 19.3. The molecule has 2 aromatic heterocycles. The average Bonchev–Trinajstić information content (AvgIpc) is 3.24. The molecule has 5 rings (SSSR count). The normalized spacial score (nSPS) is 21.0. The molecule has 1 aliphatic heterocycles. The molecule has 2 aliphatic rings. The van der Waals surface area contributed by atoms with E-state index in [-0.39, 0.29) is 11.8 Å². The number of aromatic nitrogens is 3. The van der Waals surface area contributed by atoms with Crippen molar-refractivity contribution in [1.82, 2.24) is 20.1 Å². The van der Waals surface area contributed by atoms with E-state index < -0.39 is 5.41 Å². The van der Waals surface area contributed by atoms with Gasteiger partial charge >= 0.3 is 0 Å². The van der Waals surface area contributed by atoms with Crippen molar-refractivity contribution in [2.45, 2.75) is 43.9 Å². The second kappa shape index (κ2) is 9.51. The van der Waals surface area contributed by atoms with E-state index in [9.17, 15) is 4.79 Å². The summed E-state index contributed by atoms with van der Waals surface area (Å²) in [7, 11) is 1.67. The van der Waals surface area contributed by atoms with Gasteiger partial charge in [0.1, 0.15) is 5.75 Å². The number of rotatable bonds is 5. The number of nitrogens with one attached hydrogen (secondary N) is 1. The van der Waals surface area contributed by atoms with Crippen LogP contribution in [0.4, 0.5) is 0 Å². The molecule has 1 atom stereocenters. The third kappa shape index (κ3) is 4.34. The van der Waals surface area contributed by atoms with Crippen LogP contribution in [0.5, 0.6) is 5.75 Å². The van der Waals surface area contributed by atoms with E-state index >= 15 is 0 Å². The molecule has 1 aromatic carbocycles. The number of amides is 1. The molecule has 7 heteroatoms. The van der Waals surface area contributed by atoms with E-state index in [0.29, 0.717) is 26.3 Å². The number of H-pyrrole nitrogens is 1. The molecule has 1 amide bonds. The summed E-state index contributed by atoms with van der Waals surface area (Å²) >= 11 is 0. The number of pyridine rings is 1. The van der Waals surface area contributed by atoms with Crippen LogP contribution in [-0.4, -0.2) is 59.4 Å². The third-order valence-electron chi connectivity index (χ3n) is 7.32. The van der Waals surface area contributed by atoms with Crippen molar-refractivity contribution in [1.29, 1.82) is 0 Å². The fourth-order valence-electron chi connectivity index (χ4n) is 5.54. The lowest BCUT2D eigenvalue weighted by Crippen LogP contribution is -2.50. The monoisotopic (exact) mass is 448 g/mol. The van der Waals surface area contributed by atoms with E-state index in [4.69, 9.17) is 9.47 Å². The molecule has 2 fully saturated rings. The van der Waals surface area contributed by atoms with Gasteiger partial charge in [-0.25, -0.2) is 0 Å². The first-order chi connectivity index (χ1) is 16.2. The maximum Gasteiger partial charge on any atom is 0.233 e. The quantitative estimate of drug-likeness (QED) is 0.641. The Labute approximate surface area is 194 Å². The van der Waals surface area contributed by atoms with E-state index in [1.54, 1.807) is 7.11 Å². The number of fused-ring (bicyclic) bond motifs is 1. The summed E-state index contributed by atoms with van der Waals surface area (Å²) in [6.45, 7) is 2.53. The fraction of sp³-hybridized carbons (Fsp3) is 0.500. The van der Waals surface area contributed by atoms with Gasteiger partial charge in [0.05, 0.1) is 43.1 Å². The van der Waals surface area contributed by atoms with Gasteiger partial charge in [-0.05, 0) is 43.0 Å². The second-order valence-electron chi connectivity index (χ2n) is 9.36. The highest BCUT2D eigenvalue weighted by Gasteiger charge is 2.44. The summed E-state index contributed by atoms with van der Waals surface area (Å²) in [6.07, 6.45) is 9.56. The number of nitrogens with zero attached hydrogens (tertiary/aromatic N) is 3. The highest BCUT2D eigenvalue weighted by atomic mass is 16.5. The Kier molecular flexibility index (Phi) is 6.31. The van der Waals surface area contributed by atoms with Crippen LogP contribution in [-0.2, 0) is 21.4 Å². The van der Waals surface area contributed by atoms with Gasteiger partial charge in [-0.15, -0.1) is 0 Å². The van der Waals surface area contributed by atoms with Gasteiger partial charge < -0.3 is 14.4 Å². The van der Waals surface area contributed by atoms with Crippen LogP contribution in [0.2, 0.25) is 0 Å². The average molecular weight is 449 g/mol. The van der Waals surface area contributed by atoms with Gasteiger partial charge in [0.25, 0.3) is 0 Å². The molecule has 7 nitrogen and oxygen atoms in total. The summed E-state index contributed by atoms with van der Waals surface area (Å²) in [4.78, 5) is 20.8. The maximum absolute atomic E-state index is 14.2. The van der Waals surface area contributed by atoms with Crippen LogP contribution >= 0.6 is 0 Å². The molecule has 0 radical (unpaired) electrons. The van der Waals surface area contributed by atoms with Crippen LogP contribution in [0.3, 0.4) is 0 Å². The van der Waals surface area contributed by atoms with Gasteiger partial charge in [-0.1, -0.05) is 31.4 Å². The lowest BCUT2D eigenvalue weighted by molar-refractivity contribution is -0.139. The highest BCUT2D eigenvalue weighted by molar-refractivity contribution is 5.88. The second-order valence-corrected chi connectivity index (χ2v) is 9.36. The lowest BCUT2D eigenvalue weighted by atomic mass is 9.68. The summed E-state index contributed by atoms with van der Waals surface area (Å²) in [5.41, 5.74) is 2.65. The molecule has 1 unspecified atom stereocenters. The van der Waals surface area contributed by atoms with Gasteiger partial charge in [0.15, 0.2) is 0 Å². The van der Waals surface area contributed by atoms with Crippen molar-refractivity contribution in [3.63, 3.8) is 0 Å². The first kappa shape index (κ1) is 21.9. The summed E-state index contributed by atoms with van der Waals surface area (Å²) in [5, 5.41) is 8.22. The van der Waals surface area contributed by atoms with Crippen LogP contribution in [0.1, 0.15) is 43.4 Å². The zero-order chi connectivity index (χ0) is 22.7. The Morgan fingerprint density at radius 1 is 1.21 bits per heavy atom. The predicted octanol–water partition coefficient (Wildman–Crippen LogP) is 3.89. The molecule has 174 valence electrons. The van der Waals surface area contributed by atoms with Gasteiger partial charge in [0.2, 0.25) is 5.91 Å². The molecule has 0 bridgehead atoms. The Balaban J connectivity index is 1.39. The number of carbonyl (C=O) groups is 1. The minimum absolute atomic E-state index is 0.195. The number of carbonyl (C=O) groups excluding carboxylic acids is 1. The van der Waals surface area contributed by atoms with E-state index in [1.165, 1.54) is 6.42 Å². The van der Waals surface area contributed by atoms with Crippen molar-refractivity contribution >= 4 is 16.8 Å².